The van der Waals surface area contributed by atoms with Gasteiger partial charge >= 0.3 is 6.09 Å². The third kappa shape index (κ3) is 2.12. The summed E-state index contributed by atoms with van der Waals surface area (Å²) in [6.07, 6.45) is 2.30. The van der Waals surface area contributed by atoms with Gasteiger partial charge in [0, 0.05) is 28.3 Å². The molecule has 19 heavy (non-hydrogen) atoms. The third-order valence-electron chi connectivity index (χ3n) is 3.72. The lowest BCUT2D eigenvalue weighted by molar-refractivity contribution is 0.165. The molecule has 1 heterocycles. The smallest absolute Gasteiger partial charge is 0.407 e. The lowest BCUT2D eigenvalue weighted by Crippen LogP contribution is -2.38. The van der Waals surface area contributed by atoms with E-state index >= 15 is 0 Å². The van der Waals surface area contributed by atoms with Crippen molar-refractivity contribution in [1.82, 2.24) is 10.3 Å². The number of nitrogens with one attached hydrogen (secondary N) is 2. The molecule has 3 rings (SSSR count). The molecule has 1 atom stereocenters. The summed E-state index contributed by atoms with van der Waals surface area (Å²) in [5.74, 6) is 0. The summed E-state index contributed by atoms with van der Waals surface area (Å²) >= 11 is 0. The van der Waals surface area contributed by atoms with E-state index in [9.17, 15) is 4.79 Å². The van der Waals surface area contributed by atoms with Gasteiger partial charge in [-0.3, -0.25) is 0 Å². The summed E-state index contributed by atoms with van der Waals surface area (Å²) < 4.78 is 4.65. The van der Waals surface area contributed by atoms with Crippen LogP contribution in [0.3, 0.4) is 0 Å². The van der Waals surface area contributed by atoms with Gasteiger partial charge in [0.25, 0.3) is 0 Å². The molecule has 0 aliphatic heterocycles. The highest BCUT2D eigenvalue weighted by molar-refractivity contribution is 5.87. The van der Waals surface area contributed by atoms with Gasteiger partial charge in [-0.2, -0.15) is 0 Å². The number of carbonyl (C=O) groups is 1. The molecule has 1 aromatic heterocycles. The SMILES string of the molecule is COC(=O)N[C@@H]1CCc2[nH]c3ccc(N)cc3c2C1. The second kappa shape index (κ2) is 4.50. The molecule has 1 aromatic carbocycles. The van der Waals surface area contributed by atoms with Crippen molar-refractivity contribution in [2.75, 3.05) is 12.8 Å². The van der Waals surface area contributed by atoms with E-state index in [1.54, 1.807) is 0 Å². The van der Waals surface area contributed by atoms with Crippen LogP contribution in [0.1, 0.15) is 17.7 Å². The molecule has 0 fully saturated rings. The Bertz CT molecular complexity index is 633. The standard InChI is InChI=1S/C14H17N3O2/c1-19-14(18)16-9-3-5-13-11(7-9)10-6-8(15)2-4-12(10)17-13/h2,4,6,9,17H,3,5,7,15H2,1H3,(H,16,18)/t9-/m1/s1. The number of hydrogen-bond acceptors (Lipinski definition) is 3. The van der Waals surface area contributed by atoms with Crippen LogP contribution in [0.2, 0.25) is 0 Å². The maximum absolute atomic E-state index is 11.3. The van der Waals surface area contributed by atoms with E-state index in [1.807, 2.05) is 18.2 Å². The first-order valence-corrected chi connectivity index (χ1v) is 6.41. The fourth-order valence-corrected chi connectivity index (χ4v) is 2.78. The average Bonchev–Trinajstić information content (AvgIpc) is 2.76. The highest BCUT2D eigenvalue weighted by atomic mass is 16.5. The summed E-state index contributed by atoms with van der Waals surface area (Å²) in [6.45, 7) is 0. The number of ether oxygens (including phenoxy) is 1. The number of aryl methyl sites for hydroxylation is 1. The van der Waals surface area contributed by atoms with E-state index in [2.05, 4.69) is 15.0 Å². The van der Waals surface area contributed by atoms with Gasteiger partial charge in [0.2, 0.25) is 0 Å². The fraction of sp³-hybridized carbons (Fsp3) is 0.357. The first kappa shape index (κ1) is 11.9. The maximum atomic E-state index is 11.3. The number of methoxy groups -OCH3 is 1. The molecule has 1 aliphatic carbocycles. The number of H-pyrrole nitrogens is 1. The number of nitrogen functional groups attached to an aromatic ring is 1. The first-order valence-electron chi connectivity index (χ1n) is 6.41. The van der Waals surface area contributed by atoms with E-state index in [-0.39, 0.29) is 12.1 Å². The molecule has 100 valence electrons. The molecule has 0 saturated carbocycles. The number of anilines is 1. The molecule has 1 amide bonds. The summed E-state index contributed by atoms with van der Waals surface area (Å²) in [7, 11) is 1.38. The molecule has 4 N–H and O–H groups in total. The number of aromatic amines is 1. The minimum atomic E-state index is -0.368. The van der Waals surface area contributed by atoms with E-state index in [0.717, 1.165) is 35.9 Å². The number of rotatable bonds is 1. The number of fused-ring (bicyclic) bond motifs is 3. The Morgan fingerprint density at radius 3 is 3.16 bits per heavy atom. The number of aromatic nitrogens is 1. The largest absolute Gasteiger partial charge is 0.453 e. The van der Waals surface area contributed by atoms with E-state index in [0.29, 0.717) is 0 Å². The second-order valence-corrected chi connectivity index (χ2v) is 4.96. The first-order chi connectivity index (χ1) is 9.17. The van der Waals surface area contributed by atoms with Gasteiger partial charge in [-0.25, -0.2) is 4.79 Å². The quantitative estimate of drug-likeness (QED) is 0.685. The van der Waals surface area contributed by atoms with Crippen LogP contribution in [0, 0.1) is 0 Å². The molecule has 0 radical (unpaired) electrons. The van der Waals surface area contributed by atoms with Gasteiger partial charge in [0.15, 0.2) is 0 Å². The minimum Gasteiger partial charge on any atom is -0.453 e. The molecule has 5 heteroatoms. The Balaban J connectivity index is 1.92. The van der Waals surface area contributed by atoms with Crippen LogP contribution in [-0.2, 0) is 17.6 Å². The van der Waals surface area contributed by atoms with Gasteiger partial charge in [-0.05, 0) is 43.0 Å². The monoisotopic (exact) mass is 259 g/mol. The number of nitrogens with two attached hydrogens (primary N) is 1. The van der Waals surface area contributed by atoms with Crippen molar-refractivity contribution in [2.45, 2.75) is 25.3 Å². The molecule has 2 aromatic rings. The van der Waals surface area contributed by atoms with Gasteiger partial charge in [-0.15, -0.1) is 0 Å². The van der Waals surface area contributed by atoms with Crippen LogP contribution in [0.4, 0.5) is 10.5 Å². The van der Waals surface area contributed by atoms with Crippen molar-refractivity contribution in [2.24, 2.45) is 0 Å². The zero-order valence-corrected chi connectivity index (χ0v) is 10.8. The van der Waals surface area contributed by atoms with Gasteiger partial charge in [0.05, 0.1) is 7.11 Å². The molecule has 0 bridgehead atoms. The average molecular weight is 259 g/mol. The zero-order valence-electron chi connectivity index (χ0n) is 10.8. The normalized spacial score (nSPS) is 18.1. The summed E-state index contributed by atoms with van der Waals surface area (Å²) in [5.41, 5.74) is 10.2. The van der Waals surface area contributed by atoms with Gasteiger partial charge in [-0.1, -0.05) is 0 Å². The molecular formula is C14H17N3O2. The van der Waals surface area contributed by atoms with Crippen molar-refractivity contribution in [3.63, 3.8) is 0 Å². The van der Waals surface area contributed by atoms with E-state index < -0.39 is 0 Å². The van der Waals surface area contributed by atoms with Crippen LogP contribution in [0.25, 0.3) is 10.9 Å². The minimum absolute atomic E-state index is 0.125. The Kier molecular flexibility index (Phi) is 2.81. The van der Waals surface area contributed by atoms with Crippen LogP contribution in [0.15, 0.2) is 18.2 Å². The third-order valence-corrected chi connectivity index (χ3v) is 3.72. The van der Waals surface area contributed by atoms with Crippen molar-refractivity contribution in [3.8, 4) is 0 Å². The van der Waals surface area contributed by atoms with Crippen molar-refractivity contribution in [1.29, 1.82) is 0 Å². The highest BCUT2D eigenvalue weighted by Gasteiger charge is 2.23. The summed E-state index contributed by atoms with van der Waals surface area (Å²) in [4.78, 5) is 14.7. The van der Waals surface area contributed by atoms with Crippen LogP contribution >= 0.6 is 0 Å². The zero-order chi connectivity index (χ0) is 13.4. The van der Waals surface area contributed by atoms with E-state index in [1.165, 1.54) is 18.4 Å². The van der Waals surface area contributed by atoms with Crippen LogP contribution in [0.5, 0.6) is 0 Å². The Hall–Kier alpha value is -2.17. The molecular weight excluding hydrogens is 242 g/mol. The highest BCUT2D eigenvalue weighted by Crippen LogP contribution is 2.30. The van der Waals surface area contributed by atoms with Gasteiger partial charge < -0.3 is 20.8 Å². The Labute approximate surface area is 111 Å². The predicted octanol–water partition coefficient (Wildman–Crippen LogP) is 1.96. The summed E-state index contributed by atoms with van der Waals surface area (Å²) in [5, 5.41) is 4.03. The summed E-state index contributed by atoms with van der Waals surface area (Å²) in [6, 6.07) is 6.02. The van der Waals surface area contributed by atoms with Crippen molar-refractivity contribution >= 4 is 22.7 Å². The topological polar surface area (TPSA) is 80.1 Å². The Morgan fingerprint density at radius 2 is 2.37 bits per heavy atom. The number of alkyl carbamates (subject to hydrolysis) is 1. The number of amides is 1. The van der Waals surface area contributed by atoms with Crippen molar-refractivity contribution < 1.29 is 9.53 Å². The second-order valence-electron chi connectivity index (χ2n) is 4.96. The molecule has 1 aliphatic rings. The predicted molar refractivity (Wildman–Crippen MR) is 74.1 cm³/mol. The molecule has 0 saturated heterocycles. The van der Waals surface area contributed by atoms with Gasteiger partial charge in [0.1, 0.15) is 0 Å². The van der Waals surface area contributed by atoms with Crippen LogP contribution < -0.4 is 11.1 Å². The van der Waals surface area contributed by atoms with Crippen LogP contribution in [-0.4, -0.2) is 24.2 Å². The molecule has 5 nitrogen and oxygen atoms in total. The maximum Gasteiger partial charge on any atom is 0.407 e. The molecule has 0 spiro atoms. The number of carbonyl (C=O) groups excluding carboxylic acids is 1. The fourth-order valence-electron chi connectivity index (χ4n) is 2.78. The van der Waals surface area contributed by atoms with E-state index in [4.69, 9.17) is 5.73 Å². The number of hydrogen-bond donors (Lipinski definition) is 3. The Morgan fingerprint density at radius 1 is 1.53 bits per heavy atom. The lowest BCUT2D eigenvalue weighted by Gasteiger charge is -2.22. The number of benzene rings is 1. The lowest BCUT2D eigenvalue weighted by atomic mass is 9.91. The van der Waals surface area contributed by atoms with Crippen molar-refractivity contribution in [3.05, 3.63) is 29.5 Å². The molecule has 0 unspecified atom stereocenters.